The first-order valence-corrected chi connectivity index (χ1v) is 7.99. The van der Waals surface area contributed by atoms with Gasteiger partial charge in [0.1, 0.15) is 0 Å². The smallest absolute Gasteiger partial charge is 0.334 e. The minimum absolute atomic E-state index is 0.682. The van der Waals surface area contributed by atoms with Gasteiger partial charge in [-0.05, 0) is 44.6 Å². The average molecular weight is 232 g/mol. The van der Waals surface area contributed by atoms with Crippen molar-refractivity contribution in [2.75, 3.05) is 27.3 Å². The Bertz CT molecular complexity index is 173. The molecule has 0 radical (unpaired) electrons. The van der Waals surface area contributed by atoms with Gasteiger partial charge in [-0.2, -0.15) is 0 Å². The molecule has 0 amide bonds. The lowest BCUT2D eigenvalue weighted by Gasteiger charge is -2.22. The first-order valence-electron chi connectivity index (χ1n) is 5.47. The van der Waals surface area contributed by atoms with Gasteiger partial charge in [-0.3, -0.25) is 4.99 Å². The van der Waals surface area contributed by atoms with E-state index in [-0.39, 0.29) is 0 Å². The topological polar surface area (TPSA) is 56.8 Å². The molecule has 0 rings (SSSR count). The number of hydrogen-bond donors (Lipinski definition) is 1. The summed E-state index contributed by atoms with van der Waals surface area (Å²) in [5.74, 6) is 0. The molecule has 0 aromatic carbocycles. The Kier molecular flexibility index (Phi) is 8.89. The fourth-order valence-corrected chi connectivity index (χ4v) is 2.66. The van der Waals surface area contributed by atoms with Gasteiger partial charge < -0.3 is 14.6 Å². The van der Waals surface area contributed by atoms with Crippen LogP contribution in [-0.2, 0) is 8.85 Å². The van der Waals surface area contributed by atoms with Crippen LogP contribution in [0, 0.1) is 0 Å². The lowest BCUT2D eigenvalue weighted by atomic mass is 10.3. The van der Waals surface area contributed by atoms with Crippen molar-refractivity contribution in [3.63, 3.8) is 0 Å². The first-order chi connectivity index (χ1) is 7.18. The van der Waals surface area contributed by atoms with E-state index < -0.39 is 8.56 Å². The molecule has 0 fully saturated rings. The van der Waals surface area contributed by atoms with E-state index in [0.29, 0.717) is 6.54 Å². The zero-order valence-corrected chi connectivity index (χ0v) is 11.2. The highest BCUT2D eigenvalue weighted by Gasteiger charge is 2.27. The maximum Gasteiger partial charge on any atom is 0.334 e. The van der Waals surface area contributed by atoms with E-state index >= 15 is 0 Å². The molecule has 0 unspecified atom stereocenters. The third kappa shape index (κ3) is 7.67. The number of nitrogens with two attached hydrogens (primary N) is 1. The van der Waals surface area contributed by atoms with Gasteiger partial charge in [0.05, 0.1) is 0 Å². The van der Waals surface area contributed by atoms with Crippen molar-refractivity contribution in [1.29, 1.82) is 0 Å². The van der Waals surface area contributed by atoms with Crippen LogP contribution in [-0.4, -0.2) is 42.1 Å². The van der Waals surface area contributed by atoms with E-state index in [2.05, 4.69) is 11.5 Å². The molecule has 4 nitrogen and oxygen atoms in total. The highest BCUT2D eigenvalue weighted by Crippen LogP contribution is 2.14. The van der Waals surface area contributed by atoms with Gasteiger partial charge in [0.25, 0.3) is 0 Å². The Morgan fingerprint density at radius 2 is 1.93 bits per heavy atom. The second-order valence-electron chi connectivity index (χ2n) is 3.67. The Balaban J connectivity index is 3.45. The van der Waals surface area contributed by atoms with Crippen LogP contribution in [0.3, 0.4) is 0 Å². The standard InChI is InChI=1S/C10H24N2O2Si/c1-13-15(3,14-2)10-5-4-8-12-9-6-7-11/h9H,4-8,10-11H2,1-3H3. The number of rotatable bonds is 9. The third-order valence-corrected chi connectivity index (χ3v) is 5.45. The maximum atomic E-state index is 5.39. The summed E-state index contributed by atoms with van der Waals surface area (Å²) in [6.45, 7) is 3.66. The van der Waals surface area contributed by atoms with Crippen molar-refractivity contribution >= 4 is 14.8 Å². The lowest BCUT2D eigenvalue weighted by Crippen LogP contribution is -2.35. The van der Waals surface area contributed by atoms with Crippen molar-refractivity contribution in [2.24, 2.45) is 10.7 Å². The van der Waals surface area contributed by atoms with Gasteiger partial charge in [-0.25, -0.2) is 0 Å². The van der Waals surface area contributed by atoms with E-state index in [9.17, 15) is 0 Å². The van der Waals surface area contributed by atoms with Crippen LogP contribution < -0.4 is 5.73 Å². The van der Waals surface area contributed by atoms with E-state index in [4.69, 9.17) is 14.6 Å². The minimum Gasteiger partial charge on any atom is -0.398 e. The summed E-state index contributed by atoms with van der Waals surface area (Å²) in [6.07, 6.45) is 4.99. The van der Waals surface area contributed by atoms with Crippen LogP contribution in [0.5, 0.6) is 0 Å². The number of aliphatic imine (C=N–C) groups is 1. The van der Waals surface area contributed by atoms with Crippen LogP contribution in [0.4, 0.5) is 0 Å². The predicted octanol–water partition coefficient (Wildman–Crippen LogP) is 1.55. The molecule has 0 saturated heterocycles. The molecule has 0 aliphatic rings. The summed E-state index contributed by atoms with van der Waals surface area (Å²) >= 11 is 0. The highest BCUT2D eigenvalue weighted by atomic mass is 28.4. The Labute approximate surface area is 94.1 Å². The fourth-order valence-electron chi connectivity index (χ4n) is 1.19. The summed E-state index contributed by atoms with van der Waals surface area (Å²) in [5, 5.41) is 0. The molecular weight excluding hydrogens is 208 g/mol. The second-order valence-corrected chi connectivity index (χ2v) is 7.25. The highest BCUT2D eigenvalue weighted by molar-refractivity contribution is 6.65. The van der Waals surface area contributed by atoms with Gasteiger partial charge >= 0.3 is 8.56 Å². The SMILES string of the molecule is CO[Si](C)(CCCCN=CCCN)OC. The summed E-state index contributed by atoms with van der Waals surface area (Å²) in [7, 11) is 1.62. The monoisotopic (exact) mass is 232 g/mol. The molecule has 0 bridgehead atoms. The number of nitrogens with zero attached hydrogens (tertiary/aromatic N) is 1. The number of hydrogen-bond acceptors (Lipinski definition) is 4. The predicted molar refractivity (Wildman–Crippen MR) is 66.7 cm³/mol. The molecule has 0 aliphatic carbocycles. The van der Waals surface area contributed by atoms with Crippen molar-refractivity contribution in [1.82, 2.24) is 0 Å². The zero-order chi connectivity index (χ0) is 11.6. The Morgan fingerprint density at radius 1 is 1.27 bits per heavy atom. The van der Waals surface area contributed by atoms with Gasteiger partial charge in [0, 0.05) is 20.8 Å². The summed E-state index contributed by atoms with van der Waals surface area (Å²) in [5.41, 5.74) is 5.34. The van der Waals surface area contributed by atoms with Gasteiger partial charge in [-0.15, -0.1) is 0 Å². The normalized spacial score (nSPS) is 12.5. The van der Waals surface area contributed by atoms with Crippen molar-refractivity contribution in [2.45, 2.75) is 31.9 Å². The molecule has 5 heteroatoms. The Hall–Kier alpha value is -0.233. The van der Waals surface area contributed by atoms with Gasteiger partial charge in [-0.1, -0.05) is 0 Å². The van der Waals surface area contributed by atoms with Crippen LogP contribution in [0.15, 0.2) is 4.99 Å². The summed E-state index contributed by atoms with van der Waals surface area (Å²) in [4.78, 5) is 4.26. The van der Waals surface area contributed by atoms with Crippen molar-refractivity contribution < 1.29 is 8.85 Å². The molecule has 90 valence electrons. The third-order valence-electron chi connectivity index (χ3n) is 2.46. The summed E-state index contributed by atoms with van der Waals surface area (Å²) in [6, 6.07) is 1.03. The summed E-state index contributed by atoms with van der Waals surface area (Å²) < 4.78 is 10.8. The molecule has 0 heterocycles. The molecule has 0 aliphatic heterocycles. The molecule has 0 aromatic heterocycles. The number of unbranched alkanes of at least 4 members (excludes halogenated alkanes) is 1. The van der Waals surface area contributed by atoms with Gasteiger partial charge in [0.15, 0.2) is 0 Å². The van der Waals surface area contributed by atoms with Crippen molar-refractivity contribution in [3.8, 4) is 0 Å². The Morgan fingerprint density at radius 3 is 2.47 bits per heavy atom. The quantitative estimate of drug-likeness (QED) is 0.373. The van der Waals surface area contributed by atoms with Crippen LogP contribution in [0.25, 0.3) is 0 Å². The van der Waals surface area contributed by atoms with E-state index in [1.54, 1.807) is 14.2 Å². The molecule has 0 aromatic rings. The molecular formula is C10H24N2O2Si. The average Bonchev–Trinajstić information content (AvgIpc) is 2.27. The van der Waals surface area contributed by atoms with E-state index in [1.165, 1.54) is 0 Å². The first kappa shape index (κ1) is 14.8. The largest absolute Gasteiger partial charge is 0.398 e. The maximum absolute atomic E-state index is 5.39. The molecule has 0 atom stereocenters. The molecule has 2 N–H and O–H groups in total. The zero-order valence-electron chi connectivity index (χ0n) is 10.2. The second kappa shape index (κ2) is 9.03. The van der Waals surface area contributed by atoms with Crippen molar-refractivity contribution in [3.05, 3.63) is 0 Å². The van der Waals surface area contributed by atoms with Crippen LogP contribution in [0.2, 0.25) is 12.6 Å². The molecule has 0 spiro atoms. The van der Waals surface area contributed by atoms with E-state index in [0.717, 1.165) is 31.9 Å². The van der Waals surface area contributed by atoms with Gasteiger partial charge in [0.2, 0.25) is 0 Å². The fraction of sp³-hybridized carbons (Fsp3) is 0.900. The van der Waals surface area contributed by atoms with Crippen LogP contribution in [0.1, 0.15) is 19.3 Å². The lowest BCUT2D eigenvalue weighted by molar-refractivity contribution is 0.248. The molecule has 0 saturated carbocycles. The molecule has 15 heavy (non-hydrogen) atoms. The minimum atomic E-state index is -1.84. The van der Waals surface area contributed by atoms with Crippen LogP contribution >= 0.6 is 0 Å². The van der Waals surface area contributed by atoms with E-state index in [1.807, 2.05) is 6.21 Å².